The van der Waals surface area contributed by atoms with E-state index >= 15 is 0 Å². The Morgan fingerprint density at radius 3 is 2.84 bits per heavy atom. The molecule has 1 spiro atoms. The van der Waals surface area contributed by atoms with Crippen molar-refractivity contribution >= 4 is 34.4 Å². The number of aromatic nitrogens is 1. The maximum absolute atomic E-state index is 12.9. The predicted molar refractivity (Wildman–Crippen MR) is 106 cm³/mol. The fourth-order valence-corrected chi connectivity index (χ4v) is 4.71. The largest absolute Gasteiger partial charge is 0.416 e. The van der Waals surface area contributed by atoms with E-state index in [1.54, 1.807) is 5.38 Å². The Morgan fingerprint density at radius 1 is 1.32 bits per heavy atom. The van der Waals surface area contributed by atoms with Gasteiger partial charge in [-0.3, -0.25) is 15.4 Å². The average molecular weight is 453 g/mol. The van der Waals surface area contributed by atoms with Crippen LogP contribution in [0.25, 0.3) is 11.3 Å². The molecule has 12 heteroatoms. The molecule has 4 N–H and O–H groups in total. The normalized spacial score (nSPS) is 23.0. The second kappa shape index (κ2) is 7.84. The first-order chi connectivity index (χ1) is 14.7. The lowest BCUT2D eigenvalue weighted by Gasteiger charge is -2.28. The van der Waals surface area contributed by atoms with Gasteiger partial charge in [-0.15, -0.1) is 11.3 Å². The second-order valence-corrected chi connectivity index (χ2v) is 8.28. The molecule has 0 bridgehead atoms. The first-order valence-corrected chi connectivity index (χ1v) is 10.4. The smallest absolute Gasteiger partial charge is 0.337 e. The molecular formula is C19H18F3N5O3S. The van der Waals surface area contributed by atoms with Crippen molar-refractivity contribution in [3.05, 3.63) is 35.2 Å². The Hall–Kier alpha value is -3.15. The number of anilines is 1. The molecule has 2 unspecified atom stereocenters. The highest BCUT2D eigenvalue weighted by Gasteiger charge is 2.54. The third-order valence-electron chi connectivity index (χ3n) is 5.51. The van der Waals surface area contributed by atoms with Gasteiger partial charge >= 0.3 is 18.2 Å². The molecule has 1 aliphatic carbocycles. The van der Waals surface area contributed by atoms with Crippen LogP contribution in [0.3, 0.4) is 0 Å². The zero-order chi connectivity index (χ0) is 22.2. The zero-order valence-corrected chi connectivity index (χ0v) is 16.8. The van der Waals surface area contributed by atoms with Gasteiger partial charge < -0.3 is 10.6 Å². The van der Waals surface area contributed by atoms with E-state index in [-0.39, 0.29) is 29.1 Å². The summed E-state index contributed by atoms with van der Waals surface area (Å²) >= 11 is 1.08. The molecule has 1 aliphatic heterocycles. The highest BCUT2D eigenvalue weighted by atomic mass is 32.1. The van der Waals surface area contributed by atoms with E-state index in [0.29, 0.717) is 18.5 Å². The molecule has 4 rings (SSSR count). The van der Waals surface area contributed by atoms with E-state index in [1.807, 2.05) is 0 Å². The highest BCUT2D eigenvalue weighted by molar-refractivity contribution is 7.14. The molecule has 2 heterocycles. The van der Waals surface area contributed by atoms with Gasteiger partial charge in [0, 0.05) is 23.4 Å². The van der Waals surface area contributed by atoms with Gasteiger partial charge in [0.05, 0.1) is 11.3 Å². The quantitative estimate of drug-likeness (QED) is 0.532. The molecular weight excluding hydrogens is 435 g/mol. The van der Waals surface area contributed by atoms with Crippen LogP contribution in [-0.2, 0) is 11.0 Å². The van der Waals surface area contributed by atoms with Crippen LogP contribution >= 0.6 is 11.3 Å². The van der Waals surface area contributed by atoms with Crippen molar-refractivity contribution < 1.29 is 27.6 Å². The highest BCUT2D eigenvalue weighted by Crippen LogP contribution is 2.37. The van der Waals surface area contributed by atoms with Crippen LogP contribution in [0.15, 0.2) is 29.6 Å². The van der Waals surface area contributed by atoms with Gasteiger partial charge in [-0.2, -0.15) is 13.2 Å². The molecule has 2 aliphatic rings. The van der Waals surface area contributed by atoms with Crippen molar-refractivity contribution in [2.75, 3.05) is 11.9 Å². The summed E-state index contributed by atoms with van der Waals surface area (Å²) in [4.78, 5) is 40.1. The van der Waals surface area contributed by atoms with Crippen molar-refractivity contribution in [2.24, 2.45) is 5.92 Å². The maximum Gasteiger partial charge on any atom is 0.416 e. The topological polar surface area (TPSA) is 112 Å². The number of thiazole rings is 1. The lowest BCUT2D eigenvalue weighted by Crippen LogP contribution is -2.53. The number of hydrogen-bond acceptors (Lipinski definition) is 5. The number of carbonyl (C=O) groups is 3. The summed E-state index contributed by atoms with van der Waals surface area (Å²) in [5, 5.41) is 11.9. The Kier molecular flexibility index (Phi) is 5.33. The van der Waals surface area contributed by atoms with Gasteiger partial charge in [0.15, 0.2) is 5.13 Å². The van der Waals surface area contributed by atoms with Crippen LogP contribution in [0.1, 0.15) is 24.8 Å². The predicted octanol–water partition coefficient (Wildman–Crippen LogP) is 3.33. The SMILES string of the molecule is O=C(NCC1CCCC12NC(=O)NC2=O)Nc1nc(-c2cccc(C(F)(F)F)c2)cs1. The molecule has 1 aromatic heterocycles. The van der Waals surface area contributed by atoms with Crippen LogP contribution in [0.5, 0.6) is 0 Å². The van der Waals surface area contributed by atoms with Gasteiger partial charge in [-0.1, -0.05) is 18.6 Å². The zero-order valence-electron chi connectivity index (χ0n) is 16.0. The first kappa shape index (κ1) is 21.1. The van der Waals surface area contributed by atoms with Crippen molar-refractivity contribution in [2.45, 2.75) is 31.0 Å². The second-order valence-electron chi connectivity index (χ2n) is 7.42. The van der Waals surface area contributed by atoms with Crippen molar-refractivity contribution in [3.8, 4) is 11.3 Å². The van der Waals surface area contributed by atoms with E-state index in [9.17, 15) is 27.6 Å². The molecule has 2 fully saturated rings. The van der Waals surface area contributed by atoms with Crippen molar-refractivity contribution in [1.29, 1.82) is 0 Å². The lowest BCUT2D eigenvalue weighted by atomic mass is 9.87. The molecule has 1 saturated carbocycles. The minimum Gasteiger partial charge on any atom is -0.337 e. The number of alkyl halides is 3. The van der Waals surface area contributed by atoms with Gasteiger partial charge in [-0.25, -0.2) is 14.6 Å². The fourth-order valence-electron chi connectivity index (χ4n) is 4.00. The summed E-state index contributed by atoms with van der Waals surface area (Å²) < 4.78 is 38.7. The molecule has 2 aromatic rings. The number of benzene rings is 1. The van der Waals surface area contributed by atoms with Gasteiger partial charge in [-0.05, 0) is 25.0 Å². The van der Waals surface area contributed by atoms with Gasteiger partial charge in [0.1, 0.15) is 5.54 Å². The number of urea groups is 2. The number of nitrogens with zero attached hydrogens (tertiary/aromatic N) is 1. The molecule has 0 radical (unpaired) electrons. The van der Waals surface area contributed by atoms with E-state index in [4.69, 9.17) is 0 Å². The van der Waals surface area contributed by atoms with E-state index in [2.05, 4.69) is 26.3 Å². The van der Waals surface area contributed by atoms with Crippen molar-refractivity contribution in [3.63, 3.8) is 0 Å². The number of rotatable bonds is 4. The summed E-state index contributed by atoms with van der Waals surface area (Å²) in [5.41, 5.74) is -1.18. The number of imide groups is 1. The molecule has 31 heavy (non-hydrogen) atoms. The van der Waals surface area contributed by atoms with Crippen LogP contribution in [-0.4, -0.2) is 35.0 Å². The summed E-state index contributed by atoms with van der Waals surface area (Å²) in [6, 6.07) is 3.69. The van der Waals surface area contributed by atoms with Gasteiger partial charge in [0.2, 0.25) is 0 Å². The average Bonchev–Trinajstić information content (AvgIpc) is 3.40. The third kappa shape index (κ3) is 4.20. The first-order valence-electron chi connectivity index (χ1n) is 9.49. The number of nitrogens with one attached hydrogen (secondary N) is 4. The van der Waals surface area contributed by atoms with Crippen LogP contribution < -0.4 is 21.3 Å². The Balaban J connectivity index is 1.37. The molecule has 2 atom stereocenters. The maximum atomic E-state index is 12.9. The third-order valence-corrected chi connectivity index (χ3v) is 6.27. The Morgan fingerprint density at radius 2 is 2.13 bits per heavy atom. The van der Waals surface area contributed by atoms with E-state index in [1.165, 1.54) is 12.1 Å². The standard InChI is InChI=1S/C19H18F3N5O3S/c20-19(21,22)11-4-1-3-10(7-11)13-9-31-17(24-13)26-15(29)23-8-12-5-2-6-18(12)14(28)25-16(30)27-18/h1,3-4,7,9,12H,2,5-6,8H2,(H2,23,24,26,29)(H2,25,27,28,30). The molecule has 5 amide bonds. The lowest BCUT2D eigenvalue weighted by molar-refractivity contribution is -0.137. The molecule has 8 nitrogen and oxygen atoms in total. The van der Waals surface area contributed by atoms with E-state index in [0.717, 1.165) is 29.9 Å². The molecule has 164 valence electrons. The summed E-state index contributed by atoms with van der Waals surface area (Å²) in [6.07, 6.45) is -2.54. The molecule has 1 saturated heterocycles. The Bertz CT molecular complexity index is 1040. The summed E-state index contributed by atoms with van der Waals surface area (Å²) in [6.45, 7) is 0.172. The number of amides is 5. The minimum atomic E-state index is -4.46. The number of hydrogen-bond donors (Lipinski definition) is 4. The van der Waals surface area contributed by atoms with E-state index < -0.39 is 29.3 Å². The van der Waals surface area contributed by atoms with Crippen molar-refractivity contribution in [1.82, 2.24) is 20.9 Å². The molecule has 1 aromatic carbocycles. The fraction of sp³-hybridized carbons (Fsp3) is 0.368. The van der Waals surface area contributed by atoms with Crippen LogP contribution in [0.4, 0.5) is 27.9 Å². The summed E-state index contributed by atoms with van der Waals surface area (Å²) in [5.74, 6) is -0.630. The number of halogens is 3. The van der Waals surface area contributed by atoms with Gasteiger partial charge in [0.25, 0.3) is 5.91 Å². The van der Waals surface area contributed by atoms with Crippen LogP contribution in [0, 0.1) is 5.92 Å². The van der Waals surface area contributed by atoms with Crippen LogP contribution in [0.2, 0.25) is 0 Å². The Labute approximate surface area is 178 Å². The number of carbonyl (C=O) groups excluding carboxylic acids is 3. The monoisotopic (exact) mass is 453 g/mol. The summed E-state index contributed by atoms with van der Waals surface area (Å²) in [7, 11) is 0. The minimum absolute atomic E-state index is 0.172.